The topological polar surface area (TPSA) is 41.1 Å². The molecule has 94 valence electrons. The molecule has 1 aromatic heterocycles. The third kappa shape index (κ3) is 3.40. The maximum Gasteiger partial charge on any atom is 0.225 e. The molecule has 1 aliphatic rings. The minimum absolute atomic E-state index is 0.914. The fraction of sp³-hybridized carbons (Fsp3) is 0.692. The summed E-state index contributed by atoms with van der Waals surface area (Å²) in [6.07, 6.45) is 3.49. The minimum Gasteiger partial charge on any atom is -0.338 e. The summed E-state index contributed by atoms with van der Waals surface area (Å²) in [6.45, 7) is 8.35. The Kier molecular flexibility index (Phi) is 4.31. The number of piperazine rings is 1. The number of aromatic nitrogens is 2. The molecule has 0 bridgehead atoms. The summed E-state index contributed by atoms with van der Waals surface area (Å²) in [7, 11) is 0. The lowest BCUT2D eigenvalue weighted by Gasteiger charge is -2.27. The van der Waals surface area contributed by atoms with Crippen molar-refractivity contribution >= 4 is 5.95 Å². The third-order valence-corrected chi connectivity index (χ3v) is 3.08. The Bertz CT molecular complexity index is 358. The molecule has 1 aliphatic heterocycles. The number of nitrogens with one attached hydrogen (secondary N) is 1. The maximum absolute atomic E-state index is 4.68. The molecule has 1 N–H and O–H groups in total. The van der Waals surface area contributed by atoms with Crippen LogP contribution in [0.5, 0.6) is 0 Å². The SMILES string of the molecule is CCCCc1cc(C)nc(N2CCNCC2)n1. The van der Waals surface area contributed by atoms with Gasteiger partial charge in [-0.05, 0) is 25.8 Å². The molecule has 0 aliphatic carbocycles. The Balaban J connectivity index is 2.12. The summed E-state index contributed by atoms with van der Waals surface area (Å²) in [5.41, 5.74) is 2.27. The molecule has 4 heteroatoms. The van der Waals surface area contributed by atoms with E-state index in [1.54, 1.807) is 0 Å². The van der Waals surface area contributed by atoms with Crippen LogP contribution in [0.15, 0.2) is 6.07 Å². The average Bonchev–Trinajstić information content (AvgIpc) is 2.37. The predicted molar refractivity (Wildman–Crippen MR) is 70.5 cm³/mol. The quantitative estimate of drug-likeness (QED) is 0.858. The van der Waals surface area contributed by atoms with Gasteiger partial charge >= 0.3 is 0 Å². The number of hydrogen-bond donors (Lipinski definition) is 1. The zero-order valence-electron chi connectivity index (χ0n) is 10.9. The van der Waals surface area contributed by atoms with Crippen LogP contribution in [-0.2, 0) is 6.42 Å². The highest BCUT2D eigenvalue weighted by atomic mass is 15.3. The van der Waals surface area contributed by atoms with Crippen molar-refractivity contribution in [1.29, 1.82) is 0 Å². The van der Waals surface area contributed by atoms with Gasteiger partial charge in [-0.3, -0.25) is 0 Å². The van der Waals surface area contributed by atoms with Crippen molar-refractivity contribution < 1.29 is 0 Å². The van der Waals surface area contributed by atoms with E-state index < -0.39 is 0 Å². The molecule has 0 radical (unpaired) electrons. The summed E-state index contributed by atoms with van der Waals surface area (Å²) in [6, 6.07) is 2.11. The van der Waals surface area contributed by atoms with E-state index in [1.165, 1.54) is 18.5 Å². The van der Waals surface area contributed by atoms with Gasteiger partial charge in [0.15, 0.2) is 0 Å². The highest BCUT2D eigenvalue weighted by Crippen LogP contribution is 2.12. The van der Waals surface area contributed by atoms with Gasteiger partial charge in [0, 0.05) is 37.6 Å². The normalized spacial score (nSPS) is 16.2. The van der Waals surface area contributed by atoms with Gasteiger partial charge in [0.1, 0.15) is 0 Å². The molecule has 0 spiro atoms. The lowest BCUT2D eigenvalue weighted by molar-refractivity contribution is 0.578. The van der Waals surface area contributed by atoms with E-state index >= 15 is 0 Å². The Morgan fingerprint density at radius 1 is 1.29 bits per heavy atom. The Morgan fingerprint density at radius 3 is 2.76 bits per heavy atom. The van der Waals surface area contributed by atoms with Crippen LogP contribution in [0.3, 0.4) is 0 Å². The highest BCUT2D eigenvalue weighted by molar-refractivity contribution is 5.33. The lowest BCUT2D eigenvalue weighted by Crippen LogP contribution is -2.44. The monoisotopic (exact) mass is 234 g/mol. The lowest BCUT2D eigenvalue weighted by atomic mass is 10.2. The van der Waals surface area contributed by atoms with Crippen LogP contribution < -0.4 is 10.2 Å². The maximum atomic E-state index is 4.68. The zero-order chi connectivity index (χ0) is 12.1. The molecule has 17 heavy (non-hydrogen) atoms. The number of anilines is 1. The summed E-state index contributed by atoms with van der Waals surface area (Å²) in [5.74, 6) is 0.914. The second kappa shape index (κ2) is 5.96. The van der Waals surface area contributed by atoms with Crippen LogP contribution in [0.25, 0.3) is 0 Å². The van der Waals surface area contributed by atoms with Crippen molar-refractivity contribution in [1.82, 2.24) is 15.3 Å². The molecular formula is C13H22N4. The average molecular weight is 234 g/mol. The van der Waals surface area contributed by atoms with Gasteiger partial charge in [0.2, 0.25) is 5.95 Å². The summed E-state index contributed by atoms with van der Waals surface area (Å²) >= 11 is 0. The van der Waals surface area contributed by atoms with Crippen LogP contribution in [0.2, 0.25) is 0 Å². The highest BCUT2D eigenvalue weighted by Gasteiger charge is 2.13. The second-order valence-corrected chi connectivity index (χ2v) is 4.64. The first kappa shape index (κ1) is 12.3. The van der Waals surface area contributed by atoms with E-state index in [9.17, 15) is 0 Å². The van der Waals surface area contributed by atoms with Crippen molar-refractivity contribution in [2.45, 2.75) is 33.1 Å². The fourth-order valence-corrected chi connectivity index (χ4v) is 2.11. The predicted octanol–water partition coefficient (Wildman–Crippen LogP) is 1.54. The molecule has 2 heterocycles. The van der Waals surface area contributed by atoms with Gasteiger partial charge in [-0.1, -0.05) is 13.3 Å². The van der Waals surface area contributed by atoms with Gasteiger partial charge < -0.3 is 10.2 Å². The molecule has 2 rings (SSSR count). The van der Waals surface area contributed by atoms with Crippen molar-refractivity contribution in [3.05, 3.63) is 17.5 Å². The molecule has 4 nitrogen and oxygen atoms in total. The number of nitrogens with zero attached hydrogens (tertiary/aromatic N) is 3. The zero-order valence-corrected chi connectivity index (χ0v) is 10.9. The molecule has 1 saturated heterocycles. The molecule has 0 unspecified atom stereocenters. The molecule has 1 aromatic rings. The van der Waals surface area contributed by atoms with Gasteiger partial charge in [-0.15, -0.1) is 0 Å². The fourth-order valence-electron chi connectivity index (χ4n) is 2.11. The summed E-state index contributed by atoms with van der Waals surface area (Å²) in [4.78, 5) is 11.5. The van der Waals surface area contributed by atoms with E-state index in [2.05, 4.69) is 40.1 Å². The summed E-state index contributed by atoms with van der Waals surface area (Å²) < 4.78 is 0. The first-order valence-electron chi connectivity index (χ1n) is 6.60. The second-order valence-electron chi connectivity index (χ2n) is 4.64. The van der Waals surface area contributed by atoms with Gasteiger partial charge in [-0.25, -0.2) is 9.97 Å². The minimum atomic E-state index is 0.914. The van der Waals surface area contributed by atoms with Crippen molar-refractivity contribution in [2.75, 3.05) is 31.1 Å². The third-order valence-electron chi connectivity index (χ3n) is 3.08. The van der Waals surface area contributed by atoms with Crippen molar-refractivity contribution in [2.24, 2.45) is 0 Å². The molecule has 1 fully saturated rings. The molecular weight excluding hydrogens is 212 g/mol. The summed E-state index contributed by atoms with van der Waals surface area (Å²) in [5, 5.41) is 3.35. The van der Waals surface area contributed by atoms with Crippen LogP contribution in [0.4, 0.5) is 5.95 Å². The van der Waals surface area contributed by atoms with Crippen LogP contribution in [-0.4, -0.2) is 36.1 Å². The van der Waals surface area contributed by atoms with E-state index in [1.807, 2.05) is 0 Å². The van der Waals surface area contributed by atoms with E-state index in [0.717, 1.165) is 44.2 Å². The number of rotatable bonds is 4. The van der Waals surface area contributed by atoms with Gasteiger partial charge in [0.25, 0.3) is 0 Å². The van der Waals surface area contributed by atoms with Crippen molar-refractivity contribution in [3.8, 4) is 0 Å². The number of unbranched alkanes of at least 4 members (excludes halogenated alkanes) is 1. The molecule has 0 saturated carbocycles. The van der Waals surface area contributed by atoms with E-state index in [4.69, 9.17) is 0 Å². The van der Waals surface area contributed by atoms with Gasteiger partial charge in [-0.2, -0.15) is 0 Å². The first-order valence-corrected chi connectivity index (χ1v) is 6.60. The standard InChI is InChI=1S/C13H22N4/c1-3-4-5-12-10-11(2)15-13(16-12)17-8-6-14-7-9-17/h10,14H,3-9H2,1-2H3. The largest absolute Gasteiger partial charge is 0.338 e. The Hall–Kier alpha value is -1.16. The van der Waals surface area contributed by atoms with Crippen molar-refractivity contribution in [3.63, 3.8) is 0 Å². The van der Waals surface area contributed by atoms with Gasteiger partial charge in [0.05, 0.1) is 0 Å². The molecule has 0 aromatic carbocycles. The number of aryl methyl sites for hydroxylation is 2. The number of hydrogen-bond acceptors (Lipinski definition) is 4. The molecule has 0 amide bonds. The van der Waals surface area contributed by atoms with Crippen LogP contribution in [0, 0.1) is 6.92 Å². The van der Waals surface area contributed by atoms with E-state index in [0.29, 0.717) is 0 Å². The van der Waals surface area contributed by atoms with E-state index in [-0.39, 0.29) is 0 Å². The Morgan fingerprint density at radius 2 is 2.06 bits per heavy atom. The van der Waals surface area contributed by atoms with Crippen LogP contribution in [0.1, 0.15) is 31.2 Å². The first-order chi connectivity index (χ1) is 8.29. The Labute approximate surface area is 103 Å². The smallest absolute Gasteiger partial charge is 0.225 e. The molecule has 0 atom stereocenters. The van der Waals surface area contributed by atoms with Crippen LogP contribution >= 0.6 is 0 Å².